The Morgan fingerprint density at radius 3 is 2.65 bits per heavy atom. The molecule has 0 aliphatic heterocycles. The predicted octanol–water partition coefficient (Wildman–Crippen LogP) is 3.43. The molecule has 0 fully saturated rings. The Morgan fingerprint density at radius 2 is 2.09 bits per heavy atom. The molecule has 0 aliphatic carbocycles. The molecule has 5 nitrogen and oxygen atoms in total. The van der Waals surface area contributed by atoms with Crippen molar-refractivity contribution >= 4 is 5.91 Å². The highest BCUT2D eigenvalue weighted by molar-refractivity contribution is 5.94. The van der Waals surface area contributed by atoms with E-state index in [2.05, 4.69) is 5.10 Å². The Hall–Kier alpha value is -2.28. The fraction of sp³-hybridized carbons (Fsp3) is 0.375. The summed E-state index contributed by atoms with van der Waals surface area (Å²) < 4.78 is 27.3. The Balaban J connectivity index is 2.35. The van der Waals surface area contributed by atoms with Crippen LogP contribution in [-0.4, -0.2) is 27.9 Å². The molecule has 1 aromatic carbocycles. The van der Waals surface area contributed by atoms with Gasteiger partial charge in [-0.3, -0.25) is 14.3 Å². The van der Waals surface area contributed by atoms with Crippen LogP contribution in [0, 0.1) is 6.92 Å². The molecule has 2 rings (SSSR count). The molecule has 1 unspecified atom stereocenters. The molecule has 0 bridgehead atoms. The van der Waals surface area contributed by atoms with E-state index in [0.29, 0.717) is 0 Å². The zero-order chi connectivity index (χ0) is 17.1. The van der Waals surface area contributed by atoms with Crippen molar-refractivity contribution in [2.75, 3.05) is 7.11 Å². The number of hydrogen-bond donors (Lipinski definition) is 0. The number of hydrogen-bond acceptors (Lipinski definition) is 3. The van der Waals surface area contributed by atoms with Gasteiger partial charge in [0.1, 0.15) is 5.69 Å². The summed E-state index contributed by atoms with van der Waals surface area (Å²) in [5.41, 5.74) is 1.18. The Bertz CT molecular complexity index is 700. The van der Waals surface area contributed by atoms with Crippen LogP contribution >= 0.6 is 0 Å². The summed E-state index contributed by atoms with van der Waals surface area (Å²) in [5, 5.41) is 4.74. The molecule has 0 N–H and O–H groups in total. The molecule has 7 heteroatoms. The van der Waals surface area contributed by atoms with E-state index < -0.39 is 24.1 Å². The average molecular weight is 323 g/mol. The van der Waals surface area contributed by atoms with Crippen molar-refractivity contribution in [2.45, 2.75) is 26.3 Å². The van der Waals surface area contributed by atoms with Crippen molar-refractivity contribution in [3.63, 3.8) is 0 Å². The number of carbonyl (C=O) groups is 1. The van der Waals surface area contributed by atoms with Crippen molar-refractivity contribution in [1.29, 1.82) is 0 Å². The number of aromatic nitrogens is 2. The highest BCUT2D eigenvalue weighted by atomic mass is 19.3. The van der Waals surface area contributed by atoms with E-state index in [1.807, 2.05) is 31.2 Å². The summed E-state index contributed by atoms with van der Waals surface area (Å²) in [5.74, 6) is -0.648. The average Bonchev–Trinajstić information content (AvgIpc) is 2.90. The van der Waals surface area contributed by atoms with Crippen LogP contribution in [0.4, 0.5) is 8.78 Å². The third-order valence-electron chi connectivity index (χ3n) is 3.57. The Kier molecular flexibility index (Phi) is 5.10. The molecule has 1 amide bonds. The number of halogens is 2. The number of hydroxylamine groups is 2. The highest BCUT2D eigenvalue weighted by Crippen LogP contribution is 2.27. The standard InChI is InChI=1S/C16H19F2N3O2/c1-10-6-5-7-12(8-10)11(2)21(23-4)16(22)13-9-20(3)19-14(13)15(17)18/h5-9,11,15H,1-4H3. The van der Waals surface area contributed by atoms with Gasteiger partial charge in [0.2, 0.25) is 0 Å². The second-order valence-corrected chi connectivity index (χ2v) is 5.31. The van der Waals surface area contributed by atoms with Gasteiger partial charge in [-0.1, -0.05) is 29.8 Å². The van der Waals surface area contributed by atoms with E-state index in [-0.39, 0.29) is 5.56 Å². The monoisotopic (exact) mass is 323 g/mol. The summed E-state index contributed by atoms with van der Waals surface area (Å²) in [6, 6.07) is 7.15. The molecule has 1 aromatic heterocycles. The third kappa shape index (κ3) is 3.56. The fourth-order valence-corrected chi connectivity index (χ4v) is 2.43. The van der Waals surface area contributed by atoms with Crippen LogP contribution in [0.25, 0.3) is 0 Å². The molecule has 124 valence electrons. The van der Waals surface area contributed by atoms with E-state index in [0.717, 1.165) is 16.2 Å². The summed E-state index contributed by atoms with van der Waals surface area (Å²) in [6.45, 7) is 3.71. The van der Waals surface area contributed by atoms with Gasteiger partial charge in [-0.2, -0.15) is 5.10 Å². The first-order valence-corrected chi connectivity index (χ1v) is 7.11. The van der Waals surface area contributed by atoms with Crippen LogP contribution in [0.5, 0.6) is 0 Å². The molecule has 0 radical (unpaired) electrons. The molecule has 0 aliphatic rings. The SMILES string of the molecule is CON(C(=O)c1cn(C)nc1C(F)F)C(C)c1cccc(C)c1. The van der Waals surface area contributed by atoms with E-state index in [4.69, 9.17) is 4.84 Å². The first-order chi connectivity index (χ1) is 10.8. The number of rotatable bonds is 5. The van der Waals surface area contributed by atoms with Gasteiger partial charge in [0.25, 0.3) is 12.3 Å². The Labute approximate surface area is 133 Å². The van der Waals surface area contributed by atoms with Crippen molar-refractivity contribution in [1.82, 2.24) is 14.8 Å². The fourth-order valence-electron chi connectivity index (χ4n) is 2.43. The van der Waals surface area contributed by atoms with Crippen molar-refractivity contribution in [3.8, 4) is 0 Å². The maximum Gasteiger partial charge on any atom is 0.282 e. The predicted molar refractivity (Wildman–Crippen MR) is 80.9 cm³/mol. The summed E-state index contributed by atoms with van der Waals surface area (Å²) in [4.78, 5) is 17.8. The second-order valence-electron chi connectivity index (χ2n) is 5.31. The normalized spacial score (nSPS) is 12.5. The van der Waals surface area contributed by atoms with Crippen LogP contribution in [0.15, 0.2) is 30.5 Å². The highest BCUT2D eigenvalue weighted by Gasteiger charge is 2.29. The van der Waals surface area contributed by atoms with Crippen molar-refractivity contribution in [2.24, 2.45) is 7.05 Å². The maximum atomic E-state index is 13.1. The molecule has 1 atom stereocenters. The number of amides is 1. The first kappa shape index (κ1) is 17.1. The largest absolute Gasteiger partial charge is 0.282 e. The van der Waals surface area contributed by atoms with Gasteiger partial charge in [0.05, 0.1) is 18.7 Å². The van der Waals surface area contributed by atoms with Crippen molar-refractivity contribution < 1.29 is 18.4 Å². The zero-order valence-electron chi connectivity index (χ0n) is 13.5. The van der Waals surface area contributed by atoms with Crippen LogP contribution in [0.2, 0.25) is 0 Å². The van der Waals surface area contributed by atoms with E-state index in [9.17, 15) is 13.6 Å². The zero-order valence-corrected chi connectivity index (χ0v) is 13.5. The lowest BCUT2D eigenvalue weighted by Crippen LogP contribution is -2.33. The van der Waals surface area contributed by atoms with E-state index in [1.165, 1.54) is 25.0 Å². The third-order valence-corrected chi connectivity index (χ3v) is 3.57. The van der Waals surface area contributed by atoms with Gasteiger partial charge < -0.3 is 0 Å². The molecule has 0 saturated heterocycles. The molecule has 1 heterocycles. The lowest BCUT2D eigenvalue weighted by molar-refractivity contribution is -0.121. The van der Waals surface area contributed by atoms with Crippen molar-refractivity contribution in [3.05, 3.63) is 52.8 Å². The topological polar surface area (TPSA) is 47.4 Å². The molecule has 0 spiro atoms. The lowest BCUT2D eigenvalue weighted by Gasteiger charge is -2.27. The van der Waals surface area contributed by atoms with Crippen LogP contribution in [0.3, 0.4) is 0 Å². The summed E-state index contributed by atoms with van der Waals surface area (Å²) in [7, 11) is 2.83. The number of aryl methyl sites for hydroxylation is 2. The summed E-state index contributed by atoms with van der Waals surface area (Å²) in [6.07, 6.45) is -1.55. The molecule has 0 saturated carbocycles. The Morgan fingerprint density at radius 1 is 1.39 bits per heavy atom. The second kappa shape index (κ2) is 6.87. The quantitative estimate of drug-likeness (QED) is 0.792. The van der Waals surface area contributed by atoms with E-state index in [1.54, 1.807) is 6.92 Å². The lowest BCUT2D eigenvalue weighted by atomic mass is 10.0. The summed E-state index contributed by atoms with van der Waals surface area (Å²) >= 11 is 0. The minimum Gasteiger partial charge on any atom is -0.275 e. The molecule has 23 heavy (non-hydrogen) atoms. The number of benzene rings is 1. The van der Waals surface area contributed by atoms with Gasteiger partial charge in [-0.15, -0.1) is 0 Å². The number of carbonyl (C=O) groups excluding carboxylic acids is 1. The number of nitrogens with zero attached hydrogens (tertiary/aromatic N) is 3. The van der Waals surface area contributed by atoms with Gasteiger partial charge in [-0.25, -0.2) is 13.8 Å². The smallest absolute Gasteiger partial charge is 0.275 e. The minimum atomic E-state index is -2.83. The van der Waals surface area contributed by atoms with Crippen LogP contribution in [-0.2, 0) is 11.9 Å². The maximum absolute atomic E-state index is 13.1. The van der Waals surface area contributed by atoms with Gasteiger partial charge in [0, 0.05) is 13.2 Å². The van der Waals surface area contributed by atoms with E-state index >= 15 is 0 Å². The first-order valence-electron chi connectivity index (χ1n) is 7.11. The minimum absolute atomic E-state index is 0.163. The van der Waals surface area contributed by atoms with Gasteiger partial charge >= 0.3 is 0 Å². The number of alkyl halides is 2. The molecular weight excluding hydrogens is 304 g/mol. The molecular formula is C16H19F2N3O2. The van der Waals surface area contributed by atoms with Crippen LogP contribution < -0.4 is 0 Å². The van der Waals surface area contributed by atoms with Gasteiger partial charge in [0.15, 0.2) is 0 Å². The van der Waals surface area contributed by atoms with Crippen LogP contribution in [0.1, 0.15) is 46.6 Å². The van der Waals surface area contributed by atoms with Gasteiger partial charge in [-0.05, 0) is 19.4 Å². The molecule has 2 aromatic rings.